The summed E-state index contributed by atoms with van der Waals surface area (Å²) in [5, 5.41) is 4.09. The van der Waals surface area contributed by atoms with E-state index in [1.54, 1.807) is 41.7 Å². The average molecular weight is 406 g/mol. The van der Waals surface area contributed by atoms with E-state index in [4.69, 9.17) is 4.42 Å². The lowest BCUT2D eigenvalue weighted by atomic mass is 10.0. The van der Waals surface area contributed by atoms with Crippen molar-refractivity contribution in [3.63, 3.8) is 0 Å². The van der Waals surface area contributed by atoms with Gasteiger partial charge in [-0.25, -0.2) is 0 Å². The Hall–Kier alpha value is -3.19. The summed E-state index contributed by atoms with van der Waals surface area (Å²) < 4.78 is 5.26. The molecule has 2 aliphatic rings. The molecule has 2 aliphatic heterocycles. The van der Waals surface area contributed by atoms with Gasteiger partial charge in [0.1, 0.15) is 5.76 Å². The molecule has 1 saturated heterocycles. The molecule has 0 N–H and O–H groups in total. The van der Waals surface area contributed by atoms with Gasteiger partial charge in [0, 0.05) is 12.1 Å². The predicted molar refractivity (Wildman–Crippen MR) is 107 cm³/mol. The van der Waals surface area contributed by atoms with E-state index < -0.39 is 5.91 Å². The number of imide groups is 1. The Morgan fingerprint density at radius 3 is 2.76 bits per heavy atom. The Balaban J connectivity index is 1.42. The van der Waals surface area contributed by atoms with Crippen LogP contribution < -0.4 is 0 Å². The molecule has 1 aromatic carbocycles. The number of fused-ring (bicyclic) bond motifs is 1. The number of hydrogen-bond donors (Lipinski definition) is 0. The van der Waals surface area contributed by atoms with E-state index in [0.29, 0.717) is 23.4 Å². The first-order valence-corrected chi connectivity index (χ1v) is 10.4. The molecule has 0 spiro atoms. The molecule has 0 bridgehead atoms. The van der Waals surface area contributed by atoms with Crippen LogP contribution in [-0.4, -0.2) is 34.1 Å². The largest absolute Gasteiger partial charge is 0.467 e. The monoisotopic (exact) mass is 406 g/mol. The summed E-state index contributed by atoms with van der Waals surface area (Å²) in [7, 11) is 0. The molecule has 4 heterocycles. The van der Waals surface area contributed by atoms with E-state index in [-0.39, 0.29) is 30.0 Å². The van der Waals surface area contributed by atoms with E-state index >= 15 is 0 Å². The van der Waals surface area contributed by atoms with Crippen molar-refractivity contribution in [2.75, 3.05) is 6.54 Å². The fraction of sp³-hybridized carbons (Fsp3) is 0.227. The van der Waals surface area contributed by atoms with Crippen LogP contribution in [0, 0.1) is 0 Å². The normalized spacial score (nSPS) is 18.6. The van der Waals surface area contributed by atoms with Crippen LogP contribution in [0.2, 0.25) is 0 Å². The molecule has 0 radical (unpaired) electrons. The number of thiophene rings is 1. The van der Waals surface area contributed by atoms with Gasteiger partial charge < -0.3 is 9.32 Å². The van der Waals surface area contributed by atoms with Gasteiger partial charge in [-0.1, -0.05) is 0 Å². The molecule has 7 heteroatoms. The van der Waals surface area contributed by atoms with Crippen molar-refractivity contribution in [3.05, 3.63) is 81.4 Å². The van der Waals surface area contributed by atoms with Gasteiger partial charge in [0.2, 0.25) is 0 Å². The standard InChI is InChI=1S/C22H18N2O4S/c25-20(23-8-1-4-19(23)15-7-10-29-13-15)14-5-6-17-18(11-14)22(27)24(21(17)26)12-16-3-2-9-28-16/h2-3,5-7,9-11,13,19H,1,4,8,12H2. The van der Waals surface area contributed by atoms with Crippen molar-refractivity contribution in [2.45, 2.75) is 25.4 Å². The second-order valence-corrected chi connectivity index (χ2v) is 8.03. The Morgan fingerprint density at radius 2 is 2.00 bits per heavy atom. The number of furan rings is 1. The molecule has 3 aromatic rings. The highest BCUT2D eigenvalue weighted by molar-refractivity contribution is 7.08. The first-order valence-electron chi connectivity index (χ1n) is 9.49. The van der Waals surface area contributed by atoms with E-state index in [9.17, 15) is 14.4 Å². The minimum atomic E-state index is -0.396. The van der Waals surface area contributed by atoms with Crippen LogP contribution in [-0.2, 0) is 6.54 Å². The van der Waals surface area contributed by atoms with Crippen molar-refractivity contribution in [3.8, 4) is 0 Å². The van der Waals surface area contributed by atoms with E-state index in [0.717, 1.165) is 23.3 Å². The van der Waals surface area contributed by atoms with Gasteiger partial charge in [0.05, 0.1) is 30.0 Å². The van der Waals surface area contributed by atoms with Gasteiger partial charge in [0.25, 0.3) is 17.7 Å². The summed E-state index contributed by atoms with van der Waals surface area (Å²) in [6.07, 6.45) is 3.39. The molecule has 3 amide bonds. The van der Waals surface area contributed by atoms with Gasteiger partial charge in [-0.05, 0) is 65.6 Å². The lowest BCUT2D eigenvalue weighted by Gasteiger charge is -2.24. The fourth-order valence-corrected chi connectivity index (χ4v) is 4.82. The SMILES string of the molecule is O=C1c2ccc(C(=O)N3CCCC3c3ccsc3)cc2C(=O)N1Cc1ccco1. The molecule has 5 rings (SSSR count). The van der Waals surface area contributed by atoms with Gasteiger partial charge >= 0.3 is 0 Å². The molecule has 6 nitrogen and oxygen atoms in total. The third-order valence-corrected chi connectivity index (χ3v) is 6.25. The first-order chi connectivity index (χ1) is 14.1. The van der Waals surface area contributed by atoms with Crippen LogP contribution in [0.25, 0.3) is 0 Å². The van der Waals surface area contributed by atoms with Crippen LogP contribution in [0.5, 0.6) is 0 Å². The lowest BCUT2D eigenvalue weighted by Crippen LogP contribution is -2.30. The number of carbonyl (C=O) groups is 3. The fourth-order valence-electron chi connectivity index (χ4n) is 4.11. The maximum Gasteiger partial charge on any atom is 0.261 e. The van der Waals surface area contributed by atoms with Crippen molar-refractivity contribution in [2.24, 2.45) is 0 Å². The second kappa shape index (κ2) is 7.00. The van der Waals surface area contributed by atoms with Crippen LogP contribution in [0.4, 0.5) is 0 Å². The van der Waals surface area contributed by atoms with Gasteiger partial charge in [-0.3, -0.25) is 19.3 Å². The summed E-state index contributed by atoms with van der Waals surface area (Å²) in [6, 6.07) is 10.3. The first kappa shape index (κ1) is 17.9. The molecule has 0 aliphatic carbocycles. The molecule has 1 unspecified atom stereocenters. The van der Waals surface area contributed by atoms with Crippen molar-refractivity contribution >= 4 is 29.1 Å². The van der Waals surface area contributed by atoms with Crippen LogP contribution >= 0.6 is 11.3 Å². The van der Waals surface area contributed by atoms with Gasteiger partial charge in [-0.15, -0.1) is 0 Å². The number of amides is 3. The zero-order valence-electron chi connectivity index (χ0n) is 15.5. The highest BCUT2D eigenvalue weighted by Crippen LogP contribution is 2.35. The highest BCUT2D eigenvalue weighted by Gasteiger charge is 2.37. The number of benzene rings is 1. The lowest BCUT2D eigenvalue weighted by molar-refractivity contribution is 0.0631. The number of carbonyl (C=O) groups excluding carboxylic acids is 3. The maximum atomic E-state index is 13.2. The van der Waals surface area contributed by atoms with Crippen molar-refractivity contribution < 1.29 is 18.8 Å². The predicted octanol–water partition coefficient (Wildman–Crippen LogP) is 4.11. The summed E-state index contributed by atoms with van der Waals surface area (Å²) in [5.74, 6) is -0.331. The number of hydrogen-bond acceptors (Lipinski definition) is 5. The van der Waals surface area contributed by atoms with Crippen molar-refractivity contribution in [1.29, 1.82) is 0 Å². The Kier molecular flexibility index (Phi) is 4.32. The molecule has 1 fully saturated rings. The zero-order valence-corrected chi connectivity index (χ0v) is 16.4. The van der Waals surface area contributed by atoms with Gasteiger partial charge in [0.15, 0.2) is 0 Å². The number of likely N-dealkylation sites (tertiary alicyclic amines) is 1. The minimum Gasteiger partial charge on any atom is -0.467 e. The second-order valence-electron chi connectivity index (χ2n) is 7.25. The minimum absolute atomic E-state index is 0.0646. The van der Waals surface area contributed by atoms with E-state index in [1.165, 1.54) is 6.26 Å². The third-order valence-electron chi connectivity index (χ3n) is 5.55. The Morgan fingerprint density at radius 1 is 1.14 bits per heavy atom. The average Bonchev–Trinajstić information content (AvgIpc) is 3.52. The number of nitrogens with zero attached hydrogens (tertiary/aromatic N) is 2. The molecule has 0 saturated carbocycles. The van der Waals surface area contributed by atoms with Crippen molar-refractivity contribution in [1.82, 2.24) is 9.80 Å². The topological polar surface area (TPSA) is 70.8 Å². The van der Waals surface area contributed by atoms with Gasteiger partial charge in [-0.2, -0.15) is 11.3 Å². The molecule has 1 atom stereocenters. The molecular weight excluding hydrogens is 388 g/mol. The Bertz CT molecular complexity index is 1090. The smallest absolute Gasteiger partial charge is 0.261 e. The van der Waals surface area contributed by atoms with E-state index in [2.05, 4.69) is 11.4 Å². The Labute approximate surface area is 171 Å². The molecule has 2 aromatic heterocycles. The quantitative estimate of drug-likeness (QED) is 0.611. The summed E-state index contributed by atoms with van der Waals surface area (Å²) in [5.41, 5.74) is 2.19. The van der Waals surface area contributed by atoms with Crippen LogP contribution in [0.15, 0.2) is 57.8 Å². The zero-order chi connectivity index (χ0) is 20.0. The third kappa shape index (κ3) is 2.98. The summed E-state index contributed by atoms with van der Waals surface area (Å²) in [6.45, 7) is 0.767. The molecule has 29 heavy (non-hydrogen) atoms. The number of rotatable bonds is 4. The van der Waals surface area contributed by atoms with E-state index in [1.807, 2.05) is 10.3 Å². The molecular formula is C22H18N2O4S. The molecule has 146 valence electrons. The maximum absolute atomic E-state index is 13.2. The summed E-state index contributed by atoms with van der Waals surface area (Å²) >= 11 is 1.62. The van der Waals surface area contributed by atoms with Crippen LogP contribution in [0.1, 0.15) is 61.3 Å². The highest BCUT2D eigenvalue weighted by atomic mass is 32.1. The summed E-state index contributed by atoms with van der Waals surface area (Å²) in [4.78, 5) is 41.7. The van der Waals surface area contributed by atoms with Crippen LogP contribution in [0.3, 0.4) is 0 Å².